The molecule has 2 atom stereocenters. The number of halogens is 1. The number of nitrogens with one attached hydrogen (secondary N) is 1. The average Bonchev–Trinajstić information content (AvgIpc) is 3.09. The lowest BCUT2D eigenvalue weighted by atomic mass is 10.1. The molecular formula is C22H21ClN4O2. The van der Waals surface area contributed by atoms with Crippen LogP contribution in [0, 0.1) is 0 Å². The number of hydrogen-bond acceptors (Lipinski definition) is 5. The van der Waals surface area contributed by atoms with E-state index in [0.717, 1.165) is 29.8 Å². The van der Waals surface area contributed by atoms with Crippen molar-refractivity contribution in [3.05, 3.63) is 64.2 Å². The molecule has 1 aliphatic rings. The zero-order chi connectivity index (χ0) is 20.1. The molecule has 1 N–H and O–H groups in total. The number of piperazine rings is 1. The summed E-state index contributed by atoms with van der Waals surface area (Å²) in [4.78, 5) is 19.6. The molecule has 0 saturated carbocycles. The fourth-order valence-electron chi connectivity index (χ4n) is 4.11. The highest BCUT2D eigenvalue weighted by Crippen LogP contribution is 2.26. The van der Waals surface area contributed by atoms with Crippen molar-refractivity contribution in [2.45, 2.75) is 25.9 Å². The van der Waals surface area contributed by atoms with Crippen LogP contribution < -0.4 is 15.8 Å². The maximum Gasteiger partial charge on any atom is 0.345 e. The van der Waals surface area contributed by atoms with Gasteiger partial charge in [-0.05, 0) is 44.2 Å². The fraction of sp³-hybridized carbons (Fsp3) is 0.273. The van der Waals surface area contributed by atoms with Gasteiger partial charge in [0, 0.05) is 54.7 Å². The monoisotopic (exact) mass is 408 g/mol. The van der Waals surface area contributed by atoms with Crippen molar-refractivity contribution in [2.24, 2.45) is 0 Å². The van der Waals surface area contributed by atoms with Crippen LogP contribution in [-0.4, -0.2) is 34.6 Å². The van der Waals surface area contributed by atoms with Gasteiger partial charge in [0.25, 0.3) is 0 Å². The number of imidazole rings is 1. The molecule has 0 radical (unpaired) electrons. The van der Waals surface area contributed by atoms with Crippen LogP contribution in [0.5, 0.6) is 0 Å². The molecule has 4 aromatic rings. The van der Waals surface area contributed by atoms with E-state index in [1.165, 1.54) is 0 Å². The Kier molecular flexibility index (Phi) is 4.33. The summed E-state index contributed by atoms with van der Waals surface area (Å²) in [7, 11) is 0. The summed E-state index contributed by atoms with van der Waals surface area (Å²) in [6.07, 6.45) is 3.55. The molecule has 1 fully saturated rings. The van der Waals surface area contributed by atoms with Crippen molar-refractivity contribution in [2.75, 3.05) is 18.0 Å². The number of benzene rings is 1. The lowest BCUT2D eigenvalue weighted by Gasteiger charge is -2.37. The van der Waals surface area contributed by atoms with Crippen molar-refractivity contribution in [1.29, 1.82) is 0 Å². The van der Waals surface area contributed by atoms with E-state index < -0.39 is 5.63 Å². The Morgan fingerprint density at radius 2 is 1.90 bits per heavy atom. The molecule has 2 unspecified atom stereocenters. The summed E-state index contributed by atoms with van der Waals surface area (Å²) >= 11 is 6.04. The van der Waals surface area contributed by atoms with Crippen molar-refractivity contribution in [3.8, 4) is 11.3 Å². The Balaban J connectivity index is 1.55. The van der Waals surface area contributed by atoms with Crippen LogP contribution >= 0.6 is 11.6 Å². The number of rotatable bonds is 2. The number of nitrogens with zero attached hydrogens (tertiary/aromatic N) is 3. The van der Waals surface area contributed by atoms with Crippen molar-refractivity contribution >= 4 is 33.9 Å². The lowest BCUT2D eigenvalue weighted by Crippen LogP contribution is -2.54. The van der Waals surface area contributed by atoms with Crippen LogP contribution in [0.3, 0.4) is 0 Å². The topological polar surface area (TPSA) is 62.8 Å². The van der Waals surface area contributed by atoms with Crippen LogP contribution in [0.2, 0.25) is 5.02 Å². The van der Waals surface area contributed by atoms with Crippen molar-refractivity contribution in [1.82, 2.24) is 14.7 Å². The average molecular weight is 409 g/mol. The molecule has 148 valence electrons. The zero-order valence-electron chi connectivity index (χ0n) is 16.2. The van der Waals surface area contributed by atoms with E-state index in [2.05, 4.69) is 35.1 Å². The molecule has 0 amide bonds. The normalized spacial score (nSPS) is 19.9. The first-order chi connectivity index (χ1) is 14.0. The maximum atomic E-state index is 12.7. The SMILES string of the molecule is CC1CN(c2ccc3cc(-c4cn5cc(Cl)ccc5n4)c(=O)oc3c2)CC(C)N1. The summed E-state index contributed by atoms with van der Waals surface area (Å²) in [5.74, 6) is 0. The molecule has 7 heteroatoms. The van der Waals surface area contributed by atoms with E-state index in [9.17, 15) is 4.79 Å². The molecule has 5 rings (SSSR count). The van der Waals surface area contributed by atoms with Gasteiger partial charge in [-0.1, -0.05) is 11.6 Å². The first-order valence-corrected chi connectivity index (χ1v) is 10.1. The standard InChI is InChI=1S/C22H21ClN4O2/c1-13-9-26(10-14(2)24-13)17-5-3-15-7-18(22(28)29-20(15)8-17)19-12-27-11-16(23)4-6-21(27)25-19/h3-8,11-14,24H,9-10H2,1-2H3. The molecule has 1 aliphatic heterocycles. The lowest BCUT2D eigenvalue weighted by molar-refractivity contribution is 0.407. The van der Waals surface area contributed by atoms with Gasteiger partial charge in [-0.3, -0.25) is 0 Å². The second-order valence-electron chi connectivity index (χ2n) is 7.78. The van der Waals surface area contributed by atoms with E-state index in [-0.39, 0.29) is 0 Å². The van der Waals surface area contributed by atoms with Gasteiger partial charge in [-0.15, -0.1) is 0 Å². The fourth-order valence-corrected chi connectivity index (χ4v) is 4.28. The van der Waals surface area contributed by atoms with E-state index in [0.29, 0.717) is 33.9 Å². The highest BCUT2D eigenvalue weighted by atomic mass is 35.5. The molecule has 3 aromatic heterocycles. The number of fused-ring (bicyclic) bond motifs is 2. The van der Waals surface area contributed by atoms with Gasteiger partial charge in [0.05, 0.1) is 16.3 Å². The van der Waals surface area contributed by atoms with E-state index in [4.69, 9.17) is 16.0 Å². The summed E-state index contributed by atoms with van der Waals surface area (Å²) in [6.45, 7) is 6.19. The molecular weight excluding hydrogens is 388 g/mol. The third kappa shape index (κ3) is 3.39. The highest BCUT2D eigenvalue weighted by Gasteiger charge is 2.21. The third-order valence-corrected chi connectivity index (χ3v) is 5.56. The van der Waals surface area contributed by atoms with E-state index >= 15 is 0 Å². The van der Waals surface area contributed by atoms with Gasteiger partial charge >= 0.3 is 5.63 Å². The second-order valence-corrected chi connectivity index (χ2v) is 8.22. The van der Waals surface area contributed by atoms with Crippen molar-refractivity contribution < 1.29 is 4.42 Å². The van der Waals surface area contributed by atoms with Crippen LogP contribution in [-0.2, 0) is 0 Å². The van der Waals surface area contributed by atoms with Gasteiger partial charge in [-0.25, -0.2) is 9.78 Å². The Hall–Kier alpha value is -2.83. The van der Waals surface area contributed by atoms with E-state index in [1.54, 1.807) is 22.9 Å². The predicted molar refractivity (Wildman–Crippen MR) is 116 cm³/mol. The molecule has 0 aliphatic carbocycles. The first-order valence-electron chi connectivity index (χ1n) is 9.70. The second kappa shape index (κ2) is 6.90. The molecule has 29 heavy (non-hydrogen) atoms. The summed E-state index contributed by atoms with van der Waals surface area (Å²) in [5.41, 5.74) is 2.98. The molecule has 1 saturated heterocycles. The number of anilines is 1. The van der Waals surface area contributed by atoms with Gasteiger partial charge in [0.2, 0.25) is 0 Å². The zero-order valence-corrected chi connectivity index (χ0v) is 17.0. The third-order valence-electron chi connectivity index (χ3n) is 5.33. The Labute approximate surface area is 172 Å². The minimum Gasteiger partial charge on any atom is -0.422 e. The summed E-state index contributed by atoms with van der Waals surface area (Å²) < 4.78 is 7.48. The Morgan fingerprint density at radius 3 is 2.69 bits per heavy atom. The van der Waals surface area contributed by atoms with Crippen LogP contribution in [0.1, 0.15) is 13.8 Å². The highest BCUT2D eigenvalue weighted by molar-refractivity contribution is 6.30. The quantitative estimate of drug-likeness (QED) is 0.509. The maximum absolute atomic E-state index is 12.7. The smallest absolute Gasteiger partial charge is 0.345 e. The van der Waals surface area contributed by atoms with Crippen LogP contribution in [0.15, 0.2) is 58.0 Å². The summed E-state index contributed by atoms with van der Waals surface area (Å²) in [6, 6.07) is 12.3. The minimum absolute atomic E-state index is 0.397. The van der Waals surface area contributed by atoms with Crippen LogP contribution in [0.25, 0.3) is 27.9 Å². The first kappa shape index (κ1) is 18.2. The van der Waals surface area contributed by atoms with Gasteiger partial charge in [-0.2, -0.15) is 0 Å². The minimum atomic E-state index is -0.397. The number of pyridine rings is 1. The van der Waals surface area contributed by atoms with Crippen LogP contribution in [0.4, 0.5) is 5.69 Å². The molecule has 6 nitrogen and oxygen atoms in total. The van der Waals surface area contributed by atoms with Gasteiger partial charge in [0.1, 0.15) is 11.2 Å². The number of hydrogen-bond donors (Lipinski definition) is 1. The van der Waals surface area contributed by atoms with E-state index in [1.807, 2.05) is 24.3 Å². The molecule has 1 aromatic carbocycles. The number of aromatic nitrogens is 2. The molecule has 4 heterocycles. The Morgan fingerprint density at radius 1 is 1.10 bits per heavy atom. The van der Waals surface area contributed by atoms with Crippen molar-refractivity contribution in [3.63, 3.8) is 0 Å². The van der Waals surface area contributed by atoms with Gasteiger partial charge < -0.3 is 19.0 Å². The largest absolute Gasteiger partial charge is 0.422 e. The molecule has 0 spiro atoms. The van der Waals surface area contributed by atoms with Gasteiger partial charge in [0.15, 0.2) is 0 Å². The molecule has 0 bridgehead atoms. The Bertz CT molecular complexity index is 1270. The predicted octanol–water partition coefficient (Wildman–Crippen LogP) is 3.95. The summed E-state index contributed by atoms with van der Waals surface area (Å²) in [5, 5.41) is 5.01.